The monoisotopic (exact) mass is 305 g/mol. The molecular weight excluding hydrogens is 282 g/mol. The van der Waals surface area contributed by atoms with Crippen molar-refractivity contribution in [3.8, 4) is 6.07 Å². The third-order valence-electron chi connectivity index (χ3n) is 6.72. The Morgan fingerprint density at radius 3 is 3.13 bits per heavy atom. The van der Waals surface area contributed by atoms with Crippen LogP contribution in [0, 0.1) is 35.0 Å². The van der Waals surface area contributed by atoms with Crippen molar-refractivity contribution < 1.29 is 0 Å². The summed E-state index contributed by atoms with van der Waals surface area (Å²) in [7, 11) is 0. The molecule has 0 aromatic rings. The first-order chi connectivity index (χ1) is 11.3. The molecular formula is C20H23N3. The van der Waals surface area contributed by atoms with Crippen LogP contribution in [-0.4, -0.2) is 29.7 Å². The SMILES string of the molecule is CCC1C(C#N)C=C2C1CN1CCC3=NC4=C(CCC=C4)C3C21. The minimum absolute atomic E-state index is 0.130. The topological polar surface area (TPSA) is 39.4 Å². The van der Waals surface area contributed by atoms with E-state index in [9.17, 15) is 5.26 Å². The molecule has 23 heavy (non-hydrogen) atoms. The molecule has 2 fully saturated rings. The molecule has 5 atom stereocenters. The van der Waals surface area contributed by atoms with Crippen LogP contribution < -0.4 is 0 Å². The predicted octanol–water partition coefficient (Wildman–Crippen LogP) is 3.47. The maximum Gasteiger partial charge on any atom is 0.0700 e. The number of hydrogen-bond donors (Lipinski definition) is 0. The fraction of sp³-hybridized carbons (Fsp3) is 0.600. The summed E-state index contributed by atoms with van der Waals surface area (Å²) in [6, 6.07) is 3.06. The molecule has 0 aromatic carbocycles. The van der Waals surface area contributed by atoms with E-state index in [0.717, 1.165) is 32.4 Å². The molecule has 0 bridgehead atoms. The number of hydrogen-bond acceptors (Lipinski definition) is 3. The molecule has 0 N–H and O–H groups in total. The summed E-state index contributed by atoms with van der Waals surface area (Å²) in [5, 5.41) is 9.54. The van der Waals surface area contributed by atoms with Crippen molar-refractivity contribution in [1.29, 1.82) is 5.26 Å². The lowest BCUT2D eigenvalue weighted by molar-refractivity contribution is 0.211. The summed E-state index contributed by atoms with van der Waals surface area (Å²) >= 11 is 0. The smallest absolute Gasteiger partial charge is 0.0700 e. The molecule has 0 amide bonds. The number of rotatable bonds is 1. The van der Waals surface area contributed by atoms with Crippen LogP contribution >= 0.6 is 0 Å². The number of aliphatic imine (C=N–C) groups is 1. The van der Waals surface area contributed by atoms with Gasteiger partial charge in [0.05, 0.1) is 17.7 Å². The van der Waals surface area contributed by atoms with E-state index in [2.05, 4.69) is 36.1 Å². The van der Waals surface area contributed by atoms with Gasteiger partial charge in [-0.15, -0.1) is 0 Å². The van der Waals surface area contributed by atoms with Crippen LogP contribution in [0.15, 0.2) is 40.1 Å². The van der Waals surface area contributed by atoms with Gasteiger partial charge in [-0.2, -0.15) is 5.26 Å². The Bertz CT molecular complexity index is 718. The molecule has 5 rings (SSSR count). The van der Waals surface area contributed by atoms with Crippen LogP contribution in [0.2, 0.25) is 0 Å². The Hall–Kier alpha value is -1.66. The normalized spacial score (nSPS) is 41.0. The predicted molar refractivity (Wildman–Crippen MR) is 90.8 cm³/mol. The van der Waals surface area contributed by atoms with Gasteiger partial charge >= 0.3 is 0 Å². The fourth-order valence-electron chi connectivity index (χ4n) is 5.75. The second-order valence-electron chi connectivity index (χ2n) is 7.62. The van der Waals surface area contributed by atoms with Gasteiger partial charge in [0.25, 0.3) is 0 Å². The molecule has 3 heteroatoms. The Morgan fingerprint density at radius 2 is 2.30 bits per heavy atom. The number of nitrogens with zero attached hydrogens (tertiary/aromatic N) is 3. The third kappa shape index (κ3) is 1.76. The minimum Gasteiger partial charge on any atom is -0.295 e. The molecule has 2 saturated heterocycles. The maximum absolute atomic E-state index is 9.54. The fourth-order valence-corrected chi connectivity index (χ4v) is 5.75. The zero-order chi connectivity index (χ0) is 15.6. The summed E-state index contributed by atoms with van der Waals surface area (Å²) in [5.41, 5.74) is 5.82. The van der Waals surface area contributed by atoms with Gasteiger partial charge in [-0.05, 0) is 42.7 Å². The van der Waals surface area contributed by atoms with Crippen LogP contribution in [-0.2, 0) is 0 Å². The molecule has 3 heterocycles. The molecule has 2 aliphatic carbocycles. The number of fused-ring (bicyclic) bond motifs is 6. The second kappa shape index (κ2) is 4.92. The molecule has 0 spiro atoms. The zero-order valence-electron chi connectivity index (χ0n) is 13.7. The number of allylic oxidation sites excluding steroid dienone is 3. The van der Waals surface area contributed by atoms with E-state index < -0.39 is 0 Å². The highest BCUT2D eigenvalue weighted by Gasteiger charge is 2.53. The van der Waals surface area contributed by atoms with Crippen molar-refractivity contribution in [2.75, 3.05) is 13.1 Å². The van der Waals surface area contributed by atoms with E-state index in [1.54, 1.807) is 11.1 Å². The van der Waals surface area contributed by atoms with Crippen LogP contribution in [0.1, 0.15) is 32.6 Å². The first kappa shape index (κ1) is 13.7. The van der Waals surface area contributed by atoms with Crippen LogP contribution in [0.5, 0.6) is 0 Å². The van der Waals surface area contributed by atoms with Gasteiger partial charge in [-0.25, -0.2) is 0 Å². The van der Waals surface area contributed by atoms with E-state index in [1.807, 2.05) is 0 Å². The van der Waals surface area contributed by atoms with E-state index >= 15 is 0 Å². The van der Waals surface area contributed by atoms with Crippen molar-refractivity contribution in [1.82, 2.24) is 4.90 Å². The van der Waals surface area contributed by atoms with E-state index in [-0.39, 0.29) is 5.92 Å². The summed E-state index contributed by atoms with van der Waals surface area (Å²) < 4.78 is 0. The van der Waals surface area contributed by atoms with Gasteiger partial charge in [0.1, 0.15) is 0 Å². The first-order valence-corrected chi connectivity index (χ1v) is 9.14. The van der Waals surface area contributed by atoms with E-state index in [4.69, 9.17) is 4.99 Å². The molecule has 0 saturated carbocycles. The van der Waals surface area contributed by atoms with Gasteiger partial charge in [0.15, 0.2) is 0 Å². The van der Waals surface area contributed by atoms with Crippen molar-refractivity contribution >= 4 is 5.71 Å². The summed E-state index contributed by atoms with van der Waals surface area (Å²) in [4.78, 5) is 7.67. The first-order valence-electron chi connectivity index (χ1n) is 9.14. The minimum atomic E-state index is 0.130. The molecule has 0 aromatic heterocycles. The maximum atomic E-state index is 9.54. The lowest BCUT2D eigenvalue weighted by Gasteiger charge is -2.37. The highest BCUT2D eigenvalue weighted by atomic mass is 15.2. The molecule has 0 radical (unpaired) electrons. The average molecular weight is 305 g/mol. The van der Waals surface area contributed by atoms with Crippen LogP contribution in [0.25, 0.3) is 0 Å². The molecule has 3 nitrogen and oxygen atoms in total. The standard InChI is InChI=1S/C20H23N3/c1-2-13-12(10-21)9-15-16(13)11-23-8-7-18-19(20(15)23)14-5-3-4-6-17(14)22-18/h4,6,9,12-13,16,19-20H,2-3,5,7-8,11H2,1H3. The number of piperidine rings is 1. The van der Waals surface area contributed by atoms with Crippen molar-refractivity contribution in [3.63, 3.8) is 0 Å². The van der Waals surface area contributed by atoms with Gasteiger partial charge in [0, 0.05) is 30.8 Å². The Morgan fingerprint density at radius 1 is 1.39 bits per heavy atom. The average Bonchev–Trinajstić information content (AvgIpc) is 3.22. The Kier molecular flexibility index (Phi) is 2.94. The van der Waals surface area contributed by atoms with Gasteiger partial charge in [0.2, 0.25) is 0 Å². The summed E-state index contributed by atoms with van der Waals surface area (Å²) in [5.74, 6) is 1.78. The third-order valence-corrected chi connectivity index (χ3v) is 6.72. The van der Waals surface area contributed by atoms with Gasteiger partial charge in [-0.3, -0.25) is 9.89 Å². The number of nitriles is 1. The van der Waals surface area contributed by atoms with Crippen LogP contribution in [0.4, 0.5) is 0 Å². The molecule has 5 unspecified atom stereocenters. The molecule has 5 aliphatic rings. The summed E-state index contributed by atoms with van der Waals surface area (Å²) in [6.45, 7) is 4.55. The lowest BCUT2D eigenvalue weighted by atomic mass is 9.77. The van der Waals surface area contributed by atoms with Crippen molar-refractivity contribution in [2.24, 2.45) is 28.7 Å². The van der Waals surface area contributed by atoms with Gasteiger partial charge in [-0.1, -0.05) is 31.1 Å². The largest absolute Gasteiger partial charge is 0.295 e. The molecule has 3 aliphatic heterocycles. The summed E-state index contributed by atoms with van der Waals surface area (Å²) in [6.07, 6.45) is 11.4. The quantitative estimate of drug-likeness (QED) is 0.696. The highest BCUT2D eigenvalue weighted by molar-refractivity contribution is 5.95. The van der Waals surface area contributed by atoms with E-state index in [1.165, 1.54) is 17.8 Å². The van der Waals surface area contributed by atoms with Crippen molar-refractivity contribution in [2.45, 2.75) is 38.6 Å². The van der Waals surface area contributed by atoms with Crippen molar-refractivity contribution in [3.05, 3.63) is 35.1 Å². The zero-order valence-corrected chi connectivity index (χ0v) is 13.7. The Labute approximate surface area is 138 Å². The highest BCUT2D eigenvalue weighted by Crippen LogP contribution is 2.52. The molecule has 118 valence electrons. The van der Waals surface area contributed by atoms with Crippen LogP contribution in [0.3, 0.4) is 0 Å². The second-order valence-corrected chi connectivity index (χ2v) is 7.62. The Balaban J connectivity index is 1.57. The van der Waals surface area contributed by atoms with Gasteiger partial charge < -0.3 is 0 Å². The van der Waals surface area contributed by atoms with E-state index in [0.29, 0.717) is 23.8 Å². The lowest BCUT2D eigenvalue weighted by Crippen LogP contribution is -2.46.